The lowest BCUT2D eigenvalue weighted by atomic mass is 9.98. The molecule has 1 saturated heterocycles. The molecule has 1 heterocycles. The Morgan fingerprint density at radius 3 is 2.86 bits per heavy atom. The molecule has 1 amide bonds. The van der Waals surface area contributed by atoms with Gasteiger partial charge in [-0.2, -0.15) is 0 Å². The van der Waals surface area contributed by atoms with Crippen LogP contribution in [-0.4, -0.2) is 41.1 Å². The lowest BCUT2D eigenvalue weighted by Crippen LogP contribution is -2.47. The van der Waals surface area contributed by atoms with Gasteiger partial charge in [-0.15, -0.1) is 0 Å². The molecule has 2 atom stereocenters. The van der Waals surface area contributed by atoms with E-state index in [0.29, 0.717) is 29.6 Å². The molecule has 5 nitrogen and oxygen atoms in total. The van der Waals surface area contributed by atoms with Gasteiger partial charge in [0.2, 0.25) is 0 Å². The van der Waals surface area contributed by atoms with Crippen LogP contribution in [0.2, 0.25) is 0 Å². The number of nitrogens with zero attached hydrogens (tertiary/aromatic N) is 1. The molecular weight excluding hydrogens is 357 g/mol. The summed E-state index contributed by atoms with van der Waals surface area (Å²) in [6.07, 6.45) is 0.474. The van der Waals surface area contributed by atoms with E-state index in [0.717, 1.165) is 0 Å². The molecule has 7 heteroatoms. The second-order valence-electron chi connectivity index (χ2n) is 5.30. The third-order valence-electron chi connectivity index (χ3n) is 3.63. The van der Waals surface area contributed by atoms with Crippen LogP contribution in [0.5, 0.6) is 5.75 Å². The maximum atomic E-state index is 13.0. The number of amides is 1. The average Bonchev–Trinajstić information content (AvgIpc) is 2.49. The van der Waals surface area contributed by atoms with Crippen molar-refractivity contribution in [2.75, 3.05) is 13.1 Å². The van der Waals surface area contributed by atoms with Crippen molar-refractivity contribution in [2.45, 2.75) is 25.9 Å². The molecule has 1 fully saturated rings. The first-order chi connectivity index (χ1) is 10.4. The van der Waals surface area contributed by atoms with Gasteiger partial charge in [0.25, 0.3) is 5.91 Å². The number of carboxylic acid groups (broad SMARTS) is 1. The summed E-state index contributed by atoms with van der Waals surface area (Å²) >= 11 is 3.18. The van der Waals surface area contributed by atoms with Crippen molar-refractivity contribution < 1.29 is 23.8 Å². The van der Waals surface area contributed by atoms with Gasteiger partial charge in [0, 0.05) is 13.1 Å². The number of hydrogen-bond donors (Lipinski definition) is 1. The van der Waals surface area contributed by atoms with Crippen molar-refractivity contribution in [3.8, 4) is 5.75 Å². The smallest absolute Gasteiger partial charge is 0.308 e. The molecule has 0 saturated carbocycles. The SMILES string of the molecule is CC(Oc1ccc(F)cc1Br)C(=O)N1CCC[C@H](C(=O)O)C1. The summed E-state index contributed by atoms with van der Waals surface area (Å²) in [5.41, 5.74) is 0. The molecule has 1 N–H and O–H groups in total. The molecule has 0 spiro atoms. The second-order valence-corrected chi connectivity index (χ2v) is 6.15. The molecule has 0 radical (unpaired) electrons. The molecular formula is C15H17BrFNO4. The number of likely N-dealkylation sites (tertiary alicyclic amines) is 1. The Bertz CT molecular complexity index is 581. The fourth-order valence-electron chi connectivity index (χ4n) is 2.45. The zero-order valence-electron chi connectivity index (χ0n) is 12.1. The summed E-state index contributed by atoms with van der Waals surface area (Å²) in [4.78, 5) is 24.9. The van der Waals surface area contributed by atoms with Gasteiger partial charge in [-0.3, -0.25) is 9.59 Å². The molecule has 22 heavy (non-hydrogen) atoms. The number of rotatable bonds is 4. The summed E-state index contributed by atoms with van der Waals surface area (Å²) in [5, 5.41) is 9.06. The van der Waals surface area contributed by atoms with Crippen molar-refractivity contribution in [1.29, 1.82) is 0 Å². The third kappa shape index (κ3) is 3.97. The van der Waals surface area contributed by atoms with Crippen LogP contribution >= 0.6 is 15.9 Å². The Morgan fingerprint density at radius 1 is 1.50 bits per heavy atom. The van der Waals surface area contributed by atoms with Crippen molar-refractivity contribution in [2.24, 2.45) is 5.92 Å². The first-order valence-corrected chi connectivity index (χ1v) is 7.81. The first kappa shape index (κ1) is 16.7. The molecule has 1 aromatic rings. The van der Waals surface area contributed by atoms with E-state index in [1.165, 1.54) is 23.1 Å². The van der Waals surface area contributed by atoms with E-state index in [9.17, 15) is 14.0 Å². The van der Waals surface area contributed by atoms with Crippen LogP contribution in [0.15, 0.2) is 22.7 Å². The molecule has 1 aliphatic heterocycles. The van der Waals surface area contributed by atoms with Crippen LogP contribution in [-0.2, 0) is 9.59 Å². The Morgan fingerprint density at radius 2 is 2.23 bits per heavy atom. The Kier molecular flexibility index (Phi) is 5.39. The predicted octanol–water partition coefficient (Wildman–Crippen LogP) is 2.68. The minimum absolute atomic E-state index is 0.201. The van der Waals surface area contributed by atoms with Crippen molar-refractivity contribution in [3.63, 3.8) is 0 Å². The number of benzene rings is 1. The molecule has 0 aromatic heterocycles. The van der Waals surface area contributed by atoms with E-state index in [4.69, 9.17) is 9.84 Å². The number of ether oxygens (including phenoxy) is 1. The highest BCUT2D eigenvalue weighted by Crippen LogP contribution is 2.27. The summed E-state index contributed by atoms with van der Waals surface area (Å²) < 4.78 is 19.0. The van der Waals surface area contributed by atoms with Gasteiger partial charge in [-0.05, 0) is 53.9 Å². The number of carbonyl (C=O) groups excluding carboxylic acids is 1. The zero-order valence-corrected chi connectivity index (χ0v) is 13.7. The summed E-state index contributed by atoms with van der Waals surface area (Å²) in [7, 11) is 0. The van der Waals surface area contributed by atoms with Crippen molar-refractivity contribution >= 4 is 27.8 Å². The number of aliphatic carboxylic acids is 1. The number of hydrogen-bond acceptors (Lipinski definition) is 3. The maximum Gasteiger partial charge on any atom is 0.308 e. The summed E-state index contributed by atoms with van der Waals surface area (Å²) in [6, 6.07) is 3.95. The molecule has 1 aliphatic rings. The highest BCUT2D eigenvalue weighted by atomic mass is 79.9. The Balaban J connectivity index is 2.01. The Hall–Kier alpha value is -1.63. The van der Waals surface area contributed by atoms with Crippen molar-refractivity contribution in [3.05, 3.63) is 28.5 Å². The molecule has 0 bridgehead atoms. The van der Waals surface area contributed by atoms with E-state index < -0.39 is 23.8 Å². The Labute approximate surface area is 136 Å². The van der Waals surface area contributed by atoms with Gasteiger partial charge in [-0.25, -0.2) is 4.39 Å². The largest absolute Gasteiger partial charge is 0.481 e. The standard InChI is InChI=1S/C15H17BrFNO4/c1-9(22-13-5-4-11(17)7-12(13)16)14(19)18-6-2-3-10(8-18)15(20)21/h4-5,7,9-10H,2-3,6,8H2,1H3,(H,20,21)/t9?,10-/m0/s1. The monoisotopic (exact) mass is 373 g/mol. The topological polar surface area (TPSA) is 66.8 Å². The quantitative estimate of drug-likeness (QED) is 0.880. The highest BCUT2D eigenvalue weighted by molar-refractivity contribution is 9.10. The summed E-state index contributed by atoms with van der Waals surface area (Å²) in [5.74, 6) is -1.70. The normalized spacial score (nSPS) is 19.6. The minimum Gasteiger partial charge on any atom is -0.481 e. The third-order valence-corrected chi connectivity index (χ3v) is 4.25. The van der Waals surface area contributed by atoms with E-state index in [1.54, 1.807) is 6.92 Å². The van der Waals surface area contributed by atoms with Gasteiger partial charge in [0.15, 0.2) is 6.10 Å². The van der Waals surface area contributed by atoms with E-state index >= 15 is 0 Å². The van der Waals surface area contributed by atoms with Gasteiger partial charge in [-0.1, -0.05) is 0 Å². The molecule has 1 unspecified atom stereocenters. The number of carboxylic acids is 1. The number of carbonyl (C=O) groups is 2. The lowest BCUT2D eigenvalue weighted by molar-refractivity contribution is -0.147. The van der Waals surface area contributed by atoms with Crippen LogP contribution in [0.4, 0.5) is 4.39 Å². The highest BCUT2D eigenvalue weighted by Gasteiger charge is 2.31. The van der Waals surface area contributed by atoms with Crippen LogP contribution < -0.4 is 4.74 Å². The fourth-order valence-corrected chi connectivity index (χ4v) is 2.89. The van der Waals surface area contributed by atoms with Crippen molar-refractivity contribution in [1.82, 2.24) is 4.90 Å². The van der Waals surface area contributed by atoms with E-state index in [2.05, 4.69) is 15.9 Å². The summed E-state index contributed by atoms with van der Waals surface area (Å²) in [6.45, 7) is 2.33. The minimum atomic E-state index is -0.882. The van der Waals surface area contributed by atoms with Gasteiger partial charge < -0.3 is 14.7 Å². The van der Waals surface area contributed by atoms with E-state index in [-0.39, 0.29) is 12.5 Å². The first-order valence-electron chi connectivity index (χ1n) is 7.01. The van der Waals surface area contributed by atoms with Gasteiger partial charge in [0.1, 0.15) is 11.6 Å². The zero-order chi connectivity index (χ0) is 16.3. The number of piperidine rings is 1. The average molecular weight is 374 g/mol. The van der Waals surface area contributed by atoms with E-state index in [1.807, 2.05) is 0 Å². The van der Waals surface area contributed by atoms with Crippen LogP contribution in [0.3, 0.4) is 0 Å². The van der Waals surface area contributed by atoms with Crippen LogP contribution in [0, 0.1) is 11.7 Å². The molecule has 1 aromatic carbocycles. The second kappa shape index (κ2) is 7.09. The molecule has 120 valence electrons. The van der Waals surface area contributed by atoms with Gasteiger partial charge in [0.05, 0.1) is 10.4 Å². The van der Waals surface area contributed by atoms with Crippen LogP contribution in [0.1, 0.15) is 19.8 Å². The molecule has 0 aliphatic carbocycles. The number of halogens is 2. The van der Waals surface area contributed by atoms with Gasteiger partial charge >= 0.3 is 5.97 Å². The maximum absolute atomic E-state index is 13.0. The fraction of sp³-hybridized carbons (Fsp3) is 0.467. The van der Waals surface area contributed by atoms with Crippen LogP contribution in [0.25, 0.3) is 0 Å². The lowest BCUT2D eigenvalue weighted by Gasteiger charge is -2.32. The molecule has 2 rings (SSSR count). The predicted molar refractivity (Wildman–Crippen MR) is 81.1 cm³/mol.